The number of nitro benzene ring substituents is 2. The fraction of sp³-hybridized carbons (Fsp3) is 0. The maximum absolute atomic E-state index is 13.0. The zero-order valence-electron chi connectivity index (χ0n) is 17.9. The Morgan fingerprint density at radius 1 is 0.917 bits per heavy atom. The predicted molar refractivity (Wildman–Crippen MR) is 127 cm³/mol. The van der Waals surface area contributed by atoms with E-state index in [1.54, 1.807) is 6.07 Å². The first-order valence-corrected chi connectivity index (χ1v) is 10.4. The molecular weight excluding hydrogens is 496 g/mol. The number of carbonyl (C=O) groups excluding carboxylic acids is 3. The Morgan fingerprint density at radius 3 is 2.36 bits per heavy atom. The molecule has 1 aliphatic heterocycles. The molecule has 3 aromatic carbocycles. The number of ether oxygens (including phenoxy) is 1. The number of amides is 4. The van der Waals surface area contributed by atoms with Gasteiger partial charge in [-0.05, 0) is 48.0 Å². The zero-order valence-corrected chi connectivity index (χ0v) is 18.7. The Kier molecular flexibility index (Phi) is 6.44. The van der Waals surface area contributed by atoms with E-state index in [-0.39, 0.29) is 27.8 Å². The Bertz CT molecular complexity index is 1490. The summed E-state index contributed by atoms with van der Waals surface area (Å²) >= 11 is 5.95. The molecule has 4 rings (SSSR count). The number of carbonyl (C=O) groups is 3. The lowest BCUT2D eigenvalue weighted by Gasteiger charge is -2.26. The summed E-state index contributed by atoms with van der Waals surface area (Å²) in [7, 11) is 0. The van der Waals surface area contributed by atoms with Gasteiger partial charge >= 0.3 is 11.7 Å². The molecule has 0 unspecified atom stereocenters. The molecule has 0 radical (unpaired) electrons. The van der Waals surface area contributed by atoms with Crippen LogP contribution in [-0.4, -0.2) is 27.7 Å². The van der Waals surface area contributed by atoms with Gasteiger partial charge in [0.25, 0.3) is 17.5 Å². The van der Waals surface area contributed by atoms with Crippen molar-refractivity contribution in [2.24, 2.45) is 0 Å². The number of nitrogens with one attached hydrogen (secondary N) is 1. The quantitative estimate of drug-likeness (QED) is 0.218. The smallest absolute Gasteiger partial charge is 0.335 e. The van der Waals surface area contributed by atoms with Crippen LogP contribution in [0.2, 0.25) is 5.02 Å². The van der Waals surface area contributed by atoms with Crippen LogP contribution in [0.5, 0.6) is 11.5 Å². The van der Waals surface area contributed by atoms with Crippen LogP contribution in [0.1, 0.15) is 5.56 Å². The van der Waals surface area contributed by atoms with Crippen LogP contribution in [0, 0.1) is 20.2 Å². The van der Waals surface area contributed by atoms with Crippen molar-refractivity contribution >= 4 is 52.6 Å². The van der Waals surface area contributed by atoms with Crippen molar-refractivity contribution in [3.05, 3.63) is 103 Å². The van der Waals surface area contributed by atoms with Gasteiger partial charge in [-0.3, -0.25) is 35.1 Å². The number of halogens is 1. The third-order valence-corrected chi connectivity index (χ3v) is 5.15. The number of rotatable bonds is 6. The van der Waals surface area contributed by atoms with Crippen molar-refractivity contribution in [2.75, 3.05) is 4.90 Å². The number of nitro groups is 2. The molecule has 1 aliphatic rings. The Labute approximate surface area is 206 Å². The molecule has 36 heavy (non-hydrogen) atoms. The standard InChI is InChI=1S/C23H13ClN4O8/c24-14-4-2-5-15(11-14)26-22(30)18(21(29)25-23(26)31)10-13-3-1-6-17(9-13)36-20-8-7-16(27(32)33)12-19(20)28(34)35/h1-12H,(H,25,29,31)/b18-10-. The fourth-order valence-corrected chi connectivity index (χ4v) is 3.50. The van der Waals surface area contributed by atoms with Crippen molar-refractivity contribution in [1.82, 2.24) is 5.32 Å². The number of non-ortho nitro benzene ring substituents is 1. The van der Waals surface area contributed by atoms with Crippen LogP contribution in [0.3, 0.4) is 0 Å². The highest BCUT2D eigenvalue weighted by atomic mass is 35.5. The zero-order chi connectivity index (χ0) is 26.0. The first kappa shape index (κ1) is 24.0. The van der Waals surface area contributed by atoms with E-state index in [0.29, 0.717) is 5.56 Å². The molecule has 1 fully saturated rings. The van der Waals surface area contributed by atoms with E-state index >= 15 is 0 Å². The minimum atomic E-state index is -0.938. The Hall–Kier alpha value is -5.10. The first-order chi connectivity index (χ1) is 17.1. The van der Waals surface area contributed by atoms with Crippen molar-refractivity contribution in [3.8, 4) is 11.5 Å². The SMILES string of the molecule is O=C1NC(=O)N(c2cccc(Cl)c2)C(=O)/C1=C\c1cccc(Oc2ccc([N+](=O)[O-])cc2[N+](=O)[O-])c1. The molecule has 1 N–H and O–H groups in total. The number of hydrogen-bond acceptors (Lipinski definition) is 8. The van der Waals surface area contributed by atoms with E-state index in [0.717, 1.165) is 23.1 Å². The highest BCUT2D eigenvalue weighted by Crippen LogP contribution is 2.35. The maximum atomic E-state index is 13.0. The molecule has 0 aliphatic carbocycles. The lowest BCUT2D eigenvalue weighted by atomic mass is 10.1. The summed E-state index contributed by atoms with van der Waals surface area (Å²) < 4.78 is 5.55. The summed E-state index contributed by atoms with van der Waals surface area (Å²) in [5.41, 5.74) is -0.992. The van der Waals surface area contributed by atoms with E-state index in [9.17, 15) is 34.6 Å². The van der Waals surface area contributed by atoms with Gasteiger partial charge in [0.1, 0.15) is 11.3 Å². The second-order valence-electron chi connectivity index (χ2n) is 7.28. The van der Waals surface area contributed by atoms with Crippen LogP contribution in [-0.2, 0) is 9.59 Å². The average Bonchev–Trinajstić information content (AvgIpc) is 2.82. The fourth-order valence-electron chi connectivity index (χ4n) is 3.32. The highest BCUT2D eigenvalue weighted by molar-refractivity contribution is 6.39. The van der Waals surface area contributed by atoms with Gasteiger partial charge in [-0.1, -0.05) is 29.8 Å². The van der Waals surface area contributed by atoms with E-state index in [1.165, 1.54) is 48.5 Å². The molecule has 0 bridgehead atoms. The van der Waals surface area contributed by atoms with Crippen molar-refractivity contribution < 1.29 is 29.0 Å². The molecule has 4 amide bonds. The van der Waals surface area contributed by atoms with E-state index in [4.69, 9.17) is 16.3 Å². The van der Waals surface area contributed by atoms with Gasteiger partial charge in [0.15, 0.2) is 0 Å². The maximum Gasteiger partial charge on any atom is 0.335 e. The van der Waals surface area contributed by atoms with Crippen LogP contribution in [0.15, 0.2) is 72.3 Å². The van der Waals surface area contributed by atoms with Crippen LogP contribution in [0.4, 0.5) is 21.9 Å². The third kappa shape index (κ3) is 4.88. The number of anilines is 1. The summed E-state index contributed by atoms with van der Waals surface area (Å²) in [6, 6.07) is 13.8. The second-order valence-corrected chi connectivity index (χ2v) is 7.71. The number of barbiturate groups is 1. The molecule has 1 heterocycles. The van der Waals surface area contributed by atoms with Gasteiger partial charge in [0.2, 0.25) is 5.75 Å². The minimum absolute atomic E-state index is 0.0905. The summed E-state index contributed by atoms with van der Waals surface area (Å²) in [6.07, 6.45) is 1.22. The minimum Gasteiger partial charge on any atom is -0.450 e. The normalized spacial score (nSPS) is 14.5. The average molecular weight is 509 g/mol. The van der Waals surface area contributed by atoms with Gasteiger partial charge in [-0.2, -0.15) is 0 Å². The summed E-state index contributed by atoms with van der Waals surface area (Å²) in [6.45, 7) is 0. The molecule has 0 spiro atoms. The summed E-state index contributed by atoms with van der Waals surface area (Å²) in [5, 5.41) is 24.7. The predicted octanol–water partition coefficient (Wildman–Crippen LogP) is 4.62. The third-order valence-electron chi connectivity index (χ3n) is 4.92. The van der Waals surface area contributed by atoms with Crippen molar-refractivity contribution in [3.63, 3.8) is 0 Å². The van der Waals surface area contributed by atoms with Gasteiger partial charge in [-0.25, -0.2) is 9.69 Å². The molecule has 0 aromatic heterocycles. The van der Waals surface area contributed by atoms with E-state index < -0.39 is 39.1 Å². The Balaban J connectivity index is 1.66. The Morgan fingerprint density at radius 2 is 1.67 bits per heavy atom. The molecule has 13 heteroatoms. The molecule has 12 nitrogen and oxygen atoms in total. The van der Waals surface area contributed by atoms with Gasteiger partial charge in [0, 0.05) is 11.1 Å². The number of benzene rings is 3. The molecule has 0 atom stereocenters. The van der Waals surface area contributed by atoms with Crippen molar-refractivity contribution in [1.29, 1.82) is 0 Å². The number of nitrogens with zero attached hydrogens (tertiary/aromatic N) is 3. The molecule has 180 valence electrons. The van der Waals surface area contributed by atoms with E-state index in [2.05, 4.69) is 5.32 Å². The molecule has 0 saturated carbocycles. The topological polar surface area (TPSA) is 162 Å². The lowest BCUT2D eigenvalue weighted by molar-refractivity contribution is -0.394. The second kappa shape index (κ2) is 9.64. The highest BCUT2D eigenvalue weighted by Gasteiger charge is 2.36. The monoisotopic (exact) mass is 508 g/mol. The first-order valence-electron chi connectivity index (χ1n) is 10.0. The number of hydrogen-bond donors (Lipinski definition) is 1. The van der Waals surface area contributed by atoms with Gasteiger partial charge in [-0.15, -0.1) is 0 Å². The number of urea groups is 1. The molecule has 3 aromatic rings. The number of imide groups is 2. The summed E-state index contributed by atoms with van der Waals surface area (Å²) in [4.78, 5) is 59.2. The van der Waals surface area contributed by atoms with Crippen LogP contribution >= 0.6 is 11.6 Å². The lowest BCUT2D eigenvalue weighted by Crippen LogP contribution is -2.54. The molecule has 1 saturated heterocycles. The van der Waals surface area contributed by atoms with Crippen LogP contribution < -0.4 is 15.0 Å². The van der Waals surface area contributed by atoms with E-state index in [1.807, 2.05) is 0 Å². The van der Waals surface area contributed by atoms with Gasteiger partial charge in [0.05, 0.1) is 21.6 Å². The largest absolute Gasteiger partial charge is 0.450 e. The van der Waals surface area contributed by atoms with Crippen LogP contribution in [0.25, 0.3) is 6.08 Å². The summed E-state index contributed by atoms with van der Waals surface area (Å²) in [5.74, 6) is -1.96. The molecular formula is C23H13ClN4O8. The van der Waals surface area contributed by atoms with Crippen molar-refractivity contribution in [2.45, 2.75) is 0 Å². The van der Waals surface area contributed by atoms with Gasteiger partial charge < -0.3 is 4.74 Å².